The normalized spacial score (nSPS) is 24.2. The molecule has 1 aliphatic heterocycles. The van der Waals surface area contributed by atoms with Crippen LogP contribution in [0.1, 0.15) is 38.7 Å². The van der Waals surface area contributed by atoms with Gasteiger partial charge in [-0.1, -0.05) is 12.1 Å². The minimum Gasteiger partial charge on any atom is -0.389 e. The fraction of sp³-hybridized carbons (Fsp3) is 0.667. The molecule has 0 aromatic heterocycles. The molecule has 1 aliphatic rings. The molecular formula is C18H31N2O2+. The quantitative estimate of drug-likeness (QED) is 0.784. The second kappa shape index (κ2) is 6.99. The maximum absolute atomic E-state index is 10.7. The lowest BCUT2D eigenvalue weighted by molar-refractivity contribution is -0.672. The molecule has 0 bridgehead atoms. The van der Waals surface area contributed by atoms with Gasteiger partial charge in [0.25, 0.3) is 0 Å². The molecule has 1 aromatic rings. The molecule has 1 heterocycles. The van der Waals surface area contributed by atoms with Gasteiger partial charge in [0.1, 0.15) is 6.54 Å². The summed E-state index contributed by atoms with van der Waals surface area (Å²) in [4.78, 5) is 2.11. The summed E-state index contributed by atoms with van der Waals surface area (Å²) < 4.78 is 5.69. The molecule has 1 aromatic carbocycles. The topological polar surface area (TPSA) is 49.3 Å². The van der Waals surface area contributed by atoms with Crippen molar-refractivity contribution in [2.24, 2.45) is 0 Å². The van der Waals surface area contributed by atoms with E-state index in [4.69, 9.17) is 4.74 Å². The molecule has 0 unspecified atom stereocenters. The summed E-state index contributed by atoms with van der Waals surface area (Å²) in [5.74, 6) is 0. The van der Waals surface area contributed by atoms with Crippen molar-refractivity contribution in [1.29, 1.82) is 0 Å². The van der Waals surface area contributed by atoms with Gasteiger partial charge in [0.15, 0.2) is 0 Å². The molecule has 0 spiro atoms. The summed E-state index contributed by atoms with van der Waals surface area (Å²) in [6, 6.07) is 8.66. The van der Waals surface area contributed by atoms with Gasteiger partial charge in [-0.3, -0.25) is 0 Å². The van der Waals surface area contributed by atoms with Gasteiger partial charge in [0, 0.05) is 38.2 Å². The van der Waals surface area contributed by atoms with E-state index in [2.05, 4.69) is 62.4 Å². The van der Waals surface area contributed by atoms with E-state index in [1.165, 1.54) is 11.3 Å². The van der Waals surface area contributed by atoms with Gasteiger partial charge in [0.2, 0.25) is 0 Å². The van der Waals surface area contributed by atoms with E-state index >= 15 is 0 Å². The molecule has 2 rings (SSSR count). The third-order valence-corrected chi connectivity index (χ3v) is 4.46. The lowest BCUT2D eigenvalue weighted by Gasteiger charge is -2.41. The molecule has 1 fully saturated rings. The number of anilines is 1. The number of benzene rings is 1. The molecule has 22 heavy (non-hydrogen) atoms. The average molecular weight is 307 g/mol. The van der Waals surface area contributed by atoms with Crippen molar-refractivity contribution in [3.05, 3.63) is 29.8 Å². The Hall–Kier alpha value is -1.10. The van der Waals surface area contributed by atoms with Crippen molar-refractivity contribution in [3.8, 4) is 0 Å². The van der Waals surface area contributed by atoms with Crippen molar-refractivity contribution in [2.45, 2.75) is 50.9 Å². The monoisotopic (exact) mass is 307 g/mol. The molecule has 0 aliphatic carbocycles. The highest BCUT2D eigenvalue weighted by molar-refractivity contribution is 5.45. The summed E-state index contributed by atoms with van der Waals surface area (Å²) in [7, 11) is 4.11. The van der Waals surface area contributed by atoms with Gasteiger partial charge in [-0.05, 0) is 32.4 Å². The summed E-state index contributed by atoms with van der Waals surface area (Å²) in [5.41, 5.74) is 1.79. The van der Waals surface area contributed by atoms with Crippen LogP contribution in [-0.2, 0) is 11.3 Å². The Balaban J connectivity index is 1.74. The zero-order valence-electron chi connectivity index (χ0n) is 14.4. The number of quaternary nitrogens is 1. The zero-order chi connectivity index (χ0) is 16.2. The molecule has 0 radical (unpaired) electrons. The molecule has 1 atom stereocenters. The van der Waals surface area contributed by atoms with Crippen molar-refractivity contribution in [1.82, 2.24) is 0 Å². The molecule has 4 heteroatoms. The van der Waals surface area contributed by atoms with E-state index in [1.54, 1.807) is 0 Å². The number of ether oxygens (including phenoxy) is 1. The van der Waals surface area contributed by atoms with Crippen molar-refractivity contribution < 1.29 is 15.2 Å². The van der Waals surface area contributed by atoms with Crippen molar-refractivity contribution in [3.63, 3.8) is 0 Å². The highest BCUT2D eigenvalue weighted by Gasteiger charge is 2.39. The first kappa shape index (κ1) is 17.3. The van der Waals surface area contributed by atoms with E-state index in [1.807, 2.05) is 0 Å². The summed E-state index contributed by atoms with van der Waals surface area (Å²) in [6.07, 6.45) is 2.31. The van der Waals surface area contributed by atoms with Gasteiger partial charge in [-0.2, -0.15) is 0 Å². The second-order valence-electron chi connectivity index (χ2n) is 7.35. The van der Waals surface area contributed by atoms with Crippen LogP contribution in [0.4, 0.5) is 5.69 Å². The van der Waals surface area contributed by atoms with Crippen molar-refractivity contribution >= 4 is 5.69 Å². The van der Waals surface area contributed by atoms with Crippen LogP contribution in [0.2, 0.25) is 0 Å². The number of nitrogens with zero attached hydrogens (tertiary/aromatic N) is 1. The fourth-order valence-electron chi connectivity index (χ4n) is 3.23. The van der Waals surface area contributed by atoms with Gasteiger partial charge >= 0.3 is 0 Å². The third-order valence-electron chi connectivity index (χ3n) is 4.46. The van der Waals surface area contributed by atoms with Gasteiger partial charge < -0.3 is 20.1 Å². The van der Waals surface area contributed by atoms with Crippen LogP contribution in [-0.4, -0.2) is 43.6 Å². The number of hydrogen-bond donors (Lipinski definition) is 2. The minimum absolute atomic E-state index is 0.199. The summed E-state index contributed by atoms with van der Waals surface area (Å²) in [6.45, 7) is 6.70. The highest BCUT2D eigenvalue weighted by atomic mass is 16.5. The first-order valence-electron chi connectivity index (χ1n) is 8.24. The third kappa shape index (κ3) is 4.97. The van der Waals surface area contributed by atoms with Crippen LogP contribution in [0.15, 0.2) is 24.3 Å². The summed E-state index contributed by atoms with van der Waals surface area (Å²) >= 11 is 0. The lowest BCUT2D eigenvalue weighted by atomic mass is 9.82. The van der Waals surface area contributed by atoms with E-state index in [-0.39, 0.29) is 5.60 Å². The van der Waals surface area contributed by atoms with Gasteiger partial charge in [0.05, 0.1) is 24.4 Å². The zero-order valence-corrected chi connectivity index (χ0v) is 14.4. The lowest BCUT2D eigenvalue weighted by Crippen LogP contribution is -2.83. The second-order valence-corrected chi connectivity index (χ2v) is 7.35. The molecule has 3 N–H and O–H groups in total. The first-order chi connectivity index (χ1) is 10.3. The maximum atomic E-state index is 10.7. The Morgan fingerprint density at radius 1 is 1.23 bits per heavy atom. The standard InChI is InChI=1S/C18H30N2O2/c1-17(2)14-18(21,10-12-22-17)9-11-19-13-15-5-7-16(8-6-15)20(3)4/h5-8,19,21H,9-14H2,1-4H3/p+1/t18-/m0/s1. The van der Waals surface area contributed by atoms with Crippen LogP contribution in [0.5, 0.6) is 0 Å². The predicted molar refractivity (Wildman–Crippen MR) is 90.1 cm³/mol. The number of nitrogens with two attached hydrogens (primary N) is 1. The Kier molecular flexibility index (Phi) is 5.48. The smallest absolute Gasteiger partial charge is 0.101 e. The predicted octanol–water partition coefficient (Wildman–Crippen LogP) is 1.53. The number of aliphatic hydroxyl groups is 1. The van der Waals surface area contributed by atoms with Gasteiger partial charge in [-0.25, -0.2) is 0 Å². The van der Waals surface area contributed by atoms with Gasteiger partial charge in [-0.15, -0.1) is 0 Å². The van der Waals surface area contributed by atoms with Crippen LogP contribution >= 0.6 is 0 Å². The van der Waals surface area contributed by atoms with Crippen LogP contribution in [0.25, 0.3) is 0 Å². The Bertz CT molecular complexity index is 470. The first-order valence-corrected chi connectivity index (χ1v) is 8.24. The fourth-order valence-corrected chi connectivity index (χ4v) is 3.23. The summed E-state index contributed by atoms with van der Waals surface area (Å²) in [5, 5.41) is 13.0. The number of hydrogen-bond acceptors (Lipinski definition) is 3. The Morgan fingerprint density at radius 3 is 2.50 bits per heavy atom. The minimum atomic E-state index is -0.562. The Labute approximate surface area is 134 Å². The molecule has 1 saturated heterocycles. The maximum Gasteiger partial charge on any atom is 0.101 e. The van der Waals surface area contributed by atoms with E-state index in [9.17, 15) is 5.11 Å². The van der Waals surface area contributed by atoms with Crippen LogP contribution in [0, 0.1) is 0 Å². The Morgan fingerprint density at radius 2 is 1.91 bits per heavy atom. The van der Waals surface area contributed by atoms with E-state index in [0.717, 1.165) is 32.4 Å². The number of rotatable bonds is 6. The SMILES string of the molecule is CN(C)c1ccc(C[NH2+]CC[C@]2(O)CCOC(C)(C)C2)cc1. The largest absolute Gasteiger partial charge is 0.389 e. The van der Waals surface area contributed by atoms with E-state index in [0.29, 0.717) is 6.61 Å². The van der Waals surface area contributed by atoms with Crippen LogP contribution in [0.3, 0.4) is 0 Å². The molecule has 0 saturated carbocycles. The molecular weight excluding hydrogens is 276 g/mol. The van der Waals surface area contributed by atoms with Crippen molar-refractivity contribution in [2.75, 3.05) is 32.1 Å². The van der Waals surface area contributed by atoms with Crippen LogP contribution < -0.4 is 10.2 Å². The highest BCUT2D eigenvalue weighted by Crippen LogP contribution is 2.33. The average Bonchev–Trinajstić information content (AvgIpc) is 2.43. The molecule has 0 amide bonds. The van der Waals surface area contributed by atoms with E-state index < -0.39 is 5.60 Å². The molecule has 124 valence electrons. The molecule has 4 nitrogen and oxygen atoms in total.